The minimum absolute atomic E-state index is 0. The third-order valence-electron chi connectivity index (χ3n) is 2.17. The van der Waals surface area contributed by atoms with Gasteiger partial charge in [0.15, 0.2) is 0 Å². The maximum atomic E-state index is 2.20. The van der Waals surface area contributed by atoms with E-state index in [0.29, 0.717) is 0 Å². The highest BCUT2D eigenvalue weighted by Crippen LogP contribution is 2.10. The standard InChI is InChI=1S/C12H16.C2H6.2CH4/c1-10(2)11(3)9-12-7-5-4-6-8-12;1-2;;/h4-8H,9H2,1-3H3;1-2H3;2*1H4. The van der Waals surface area contributed by atoms with Gasteiger partial charge in [-0.1, -0.05) is 70.2 Å². The van der Waals surface area contributed by atoms with Crippen LogP contribution in [0.2, 0.25) is 0 Å². The minimum atomic E-state index is 0. The first kappa shape index (κ1) is 20.4. The van der Waals surface area contributed by atoms with Gasteiger partial charge in [-0.15, -0.1) is 0 Å². The van der Waals surface area contributed by atoms with E-state index in [-0.39, 0.29) is 14.9 Å². The SMILES string of the molecule is C.C.CC.CC(C)=C(C)Cc1ccccc1. The van der Waals surface area contributed by atoms with Gasteiger partial charge in [-0.2, -0.15) is 0 Å². The molecule has 1 aromatic carbocycles. The Morgan fingerprint density at radius 1 is 0.875 bits per heavy atom. The summed E-state index contributed by atoms with van der Waals surface area (Å²) in [6.45, 7) is 10.5. The molecule has 0 unspecified atom stereocenters. The predicted molar refractivity (Wildman–Crippen MR) is 79.0 cm³/mol. The van der Waals surface area contributed by atoms with Gasteiger partial charge in [-0.25, -0.2) is 0 Å². The van der Waals surface area contributed by atoms with Crippen LogP contribution >= 0.6 is 0 Å². The highest BCUT2D eigenvalue weighted by Gasteiger charge is 1.94. The van der Waals surface area contributed by atoms with Gasteiger partial charge in [0.05, 0.1) is 0 Å². The molecule has 0 aliphatic rings. The fourth-order valence-corrected chi connectivity index (χ4v) is 1.08. The summed E-state index contributed by atoms with van der Waals surface area (Å²) in [5.74, 6) is 0. The molecule has 16 heavy (non-hydrogen) atoms. The van der Waals surface area contributed by atoms with E-state index in [9.17, 15) is 0 Å². The van der Waals surface area contributed by atoms with Crippen LogP contribution in [0.15, 0.2) is 41.5 Å². The van der Waals surface area contributed by atoms with Gasteiger partial charge in [0.1, 0.15) is 0 Å². The molecule has 0 atom stereocenters. The summed E-state index contributed by atoms with van der Waals surface area (Å²) in [6, 6.07) is 10.6. The Kier molecular flexibility index (Phi) is 15.3. The van der Waals surface area contributed by atoms with Crippen LogP contribution in [0.25, 0.3) is 0 Å². The van der Waals surface area contributed by atoms with Crippen LogP contribution in [-0.4, -0.2) is 0 Å². The lowest BCUT2D eigenvalue weighted by atomic mass is 10.0. The van der Waals surface area contributed by atoms with E-state index in [1.807, 2.05) is 13.8 Å². The molecular weight excluding hydrogens is 192 g/mol. The fraction of sp³-hybridized carbons (Fsp3) is 0.500. The molecule has 0 heterocycles. The summed E-state index contributed by atoms with van der Waals surface area (Å²) in [4.78, 5) is 0. The molecule has 0 saturated heterocycles. The van der Waals surface area contributed by atoms with Gasteiger partial charge in [0.2, 0.25) is 0 Å². The van der Waals surface area contributed by atoms with Crippen molar-refractivity contribution in [3.63, 3.8) is 0 Å². The van der Waals surface area contributed by atoms with Crippen molar-refractivity contribution in [2.45, 2.75) is 55.9 Å². The molecule has 0 amide bonds. The van der Waals surface area contributed by atoms with E-state index >= 15 is 0 Å². The van der Waals surface area contributed by atoms with Crippen LogP contribution in [0.1, 0.15) is 55.0 Å². The predicted octanol–water partition coefficient (Wildman–Crippen LogP) is 5.88. The third kappa shape index (κ3) is 8.28. The molecule has 0 aromatic heterocycles. The number of benzene rings is 1. The van der Waals surface area contributed by atoms with Crippen LogP contribution in [-0.2, 0) is 6.42 Å². The molecule has 0 aliphatic carbocycles. The van der Waals surface area contributed by atoms with E-state index < -0.39 is 0 Å². The molecule has 0 spiro atoms. The van der Waals surface area contributed by atoms with E-state index in [0.717, 1.165) is 6.42 Å². The van der Waals surface area contributed by atoms with E-state index in [2.05, 4.69) is 51.1 Å². The second-order valence-corrected chi connectivity index (χ2v) is 3.44. The lowest BCUT2D eigenvalue weighted by Gasteiger charge is -2.03. The molecule has 0 saturated carbocycles. The number of hydrogen-bond donors (Lipinski definition) is 0. The average molecular weight is 222 g/mol. The molecule has 0 nitrogen and oxygen atoms in total. The Bertz CT molecular complexity index is 263. The minimum Gasteiger partial charge on any atom is -0.0776 e. The van der Waals surface area contributed by atoms with Gasteiger partial charge in [0, 0.05) is 0 Å². The summed E-state index contributed by atoms with van der Waals surface area (Å²) >= 11 is 0. The first-order valence-electron chi connectivity index (χ1n) is 5.37. The van der Waals surface area contributed by atoms with Crippen molar-refractivity contribution < 1.29 is 0 Å². The zero-order chi connectivity index (χ0) is 11.0. The van der Waals surface area contributed by atoms with E-state index in [1.54, 1.807) is 0 Å². The average Bonchev–Trinajstić information content (AvgIpc) is 2.22. The molecule has 0 N–H and O–H groups in total. The van der Waals surface area contributed by atoms with Crippen LogP contribution in [0.5, 0.6) is 0 Å². The Morgan fingerprint density at radius 3 is 1.69 bits per heavy atom. The molecule has 0 fully saturated rings. The smallest absolute Gasteiger partial charge is 0.00674 e. The quantitative estimate of drug-likeness (QED) is 0.548. The summed E-state index contributed by atoms with van der Waals surface area (Å²) in [5, 5.41) is 0. The second-order valence-electron chi connectivity index (χ2n) is 3.44. The lowest BCUT2D eigenvalue weighted by molar-refractivity contribution is 1.09. The molecule has 0 aliphatic heterocycles. The van der Waals surface area contributed by atoms with Crippen molar-refractivity contribution in [3.05, 3.63) is 47.0 Å². The van der Waals surface area contributed by atoms with Crippen molar-refractivity contribution >= 4 is 0 Å². The Morgan fingerprint density at radius 2 is 1.31 bits per heavy atom. The number of rotatable bonds is 2. The van der Waals surface area contributed by atoms with Gasteiger partial charge < -0.3 is 0 Å². The van der Waals surface area contributed by atoms with Gasteiger partial charge in [-0.3, -0.25) is 0 Å². The van der Waals surface area contributed by atoms with Gasteiger partial charge in [0.25, 0.3) is 0 Å². The van der Waals surface area contributed by atoms with Crippen molar-refractivity contribution in [2.24, 2.45) is 0 Å². The van der Waals surface area contributed by atoms with Gasteiger partial charge >= 0.3 is 0 Å². The first-order chi connectivity index (χ1) is 6.70. The molecule has 1 rings (SSSR count). The highest BCUT2D eigenvalue weighted by molar-refractivity contribution is 5.22. The Balaban J connectivity index is -0.000000399. The molecule has 0 bridgehead atoms. The topological polar surface area (TPSA) is 0 Å². The third-order valence-corrected chi connectivity index (χ3v) is 2.17. The maximum absolute atomic E-state index is 2.20. The van der Waals surface area contributed by atoms with Gasteiger partial charge in [-0.05, 0) is 32.8 Å². The van der Waals surface area contributed by atoms with Crippen LogP contribution in [0.4, 0.5) is 0 Å². The molecular formula is C16H30. The van der Waals surface area contributed by atoms with Crippen LogP contribution < -0.4 is 0 Å². The number of allylic oxidation sites excluding steroid dienone is 2. The van der Waals surface area contributed by atoms with E-state index in [4.69, 9.17) is 0 Å². The van der Waals surface area contributed by atoms with Crippen molar-refractivity contribution in [2.75, 3.05) is 0 Å². The second kappa shape index (κ2) is 12.0. The first-order valence-corrected chi connectivity index (χ1v) is 5.37. The number of hydrogen-bond acceptors (Lipinski definition) is 0. The molecule has 1 aromatic rings. The summed E-state index contributed by atoms with van der Waals surface area (Å²) in [6.07, 6.45) is 1.09. The van der Waals surface area contributed by atoms with Crippen molar-refractivity contribution in [1.82, 2.24) is 0 Å². The zero-order valence-corrected chi connectivity index (χ0v) is 10.1. The highest BCUT2D eigenvalue weighted by atomic mass is 14.0. The largest absolute Gasteiger partial charge is 0.0776 e. The Labute approximate surface area is 103 Å². The molecule has 0 heteroatoms. The maximum Gasteiger partial charge on any atom is -0.00674 e. The summed E-state index contributed by atoms with van der Waals surface area (Å²) < 4.78 is 0. The van der Waals surface area contributed by atoms with Crippen molar-refractivity contribution in [3.8, 4) is 0 Å². The fourth-order valence-electron chi connectivity index (χ4n) is 1.08. The zero-order valence-electron chi connectivity index (χ0n) is 10.1. The van der Waals surface area contributed by atoms with Crippen LogP contribution in [0.3, 0.4) is 0 Å². The lowest BCUT2D eigenvalue weighted by Crippen LogP contribution is -1.87. The summed E-state index contributed by atoms with van der Waals surface area (Å²) in [5.41, 5.74) is 4.30. The van der Waals surface area contributed by atoms with Crippen LogP contribution in [0, 0.1) is 0 Å². The monoisotopic (exact) mass is 222 g/mol. The Hall–Kier alpha value is -1.04. The normalized spacial score (nSPS) is 7.56. The van der Waals surface area contributed by atoms with Crippen molar-refractivity contribution in [1.29, 1.82) is 0 Å². The summed E-state index contributed by atoms with van der Waals surface area (Å²) in [7, 11) is 0. The van der Waals surface area contributed by atoms with E-state index in [1.165, 1.54) is 16.7 Å². The molecule has 94 valence electrons. The molecule has 0 radical (unpaired) electrons.